The fraction of sp³-hybridized carbons (Fsp3) is 0.353. The average molecular weight is 327 g/mol. The summed E-state index contributed by atoms with van der Waals surface area (Å²) in [7, 11) is 3.60. The maximum Gasteiger partial charge on any atom is 0.317 e. The van der Waals surface area contributed by atoms with Gasteiger partial charge >= 0.3 is 6.03 Å². The molecule has 3 amide bonds. The smallest absolute Gasteiger partial charge is 0.317 e. The van der Waals surface area contributed by atoms with Gasteiger partial charge in [-0.1, -0.05) is 12.1 Å². The van der Waals surface area contributed by atoms with Crippen molar-refractivity contribution in [3.8, 4) is 0 Å². The number of anilines is 1. The van der Waals surface area contributed by atoms with Gasteiger partial charge in [-0.05, 0) is 24.1 Å². The Morgan fingerprint density at radius 3 is 3.00 bits per heavy atom. The number of amides is 3. The monoisotopic (exact) mass is 327 g/mol. The molecule has 1 atom stereocenters. The number of rotatable bonds is 4. The van der Waals surface area contributed by atoms with Crippen LogP contribution in [0.4, 0.5) is 10.5 Å². The Kier molecular flexibility index (Phi) is 4.24. The molecule has 1 aliphatic heterocycles. The Morgan fingerprint density at radius 2 is 2.29 bits per heavy atom. The van der Waals surface area contributed by atoms with Crippen molar-refractivity contribution in [1.82, 2.24) is 20.0 Å². The standard InChI is InChI=1S/C17H21N5O2/c1-11(13-4-5-15-14(6-13)7-16(23)20-15)19-17(24)21(2)9-12-8-18-22(3)10-12/h4-6,8,10-11H,7,9H2,1-3H3,(H,19,24)(H,20,23). The summed E-state index contributed by atoms with van der Waals surface area (Å²) in [5.41, 5.74) is 3.79. The number of hydrogen-bond acceptors (Lipinski definition) is 3. The van der Waals surface area contributed by atoms with Crippen molar-refractivity contribution in [1.29, 1.82) is 0 Å². The van der Waals surface area contributed by atoms with E-state index in [0.29, 0.717) is 13.0 Å². The first-order valence-corrected chi connectivity index (χ1v) is 7.84. The van der Waals surface area contributed by atoms with Crippen LogP contribution in [0.2, 0.25) is 0 Å². The van der Waals surface area contributed by atoms with E-state index in [1.165, 1.54) is 0 Å². The molecule has 0 saturated carbocycles. The minimum absolute atomic E-state index is 0.00930. The maximum atomic E-state index is 12.3. The first-order chi connectivity index (χ1) is 11.4. The van der Waals surface area contributed by atoms with Gasteiger partial charge < -0.3 is 15.5 Å². The zero-order chi connectivity index (χ0) is 17.3. The summed E-state index contributed by atoms with van der Waals surface area (Å²) >= 11 is 0. The van der Waals surface area contributed by atoms with E-state index in [0.717, 1.165) is 22.4 Å². The summed E-state index contributed by atoms with van der Waals surface area (Å²) in [5.74, 6) is 0.00930. The molecule has 1 aromatic carbocycles. The molecule has 0 aliphatic carbocycles. The summed E-state index contributed by atoms with van der Waals surface area (Å²) < 4.78 is 1.71. The Labute approximate surface area is 140 Å². The lowest BCUT2D eigenvalue weighted by Gasteiger charge is -2.21. The van der Waals surface area contributed by atoms with E-state index >= 15 is 0 Å². The summed E-state index contributed by atoms with van der Waals surface area (Å²) in [6.07, 6.45) is 4.03. The van der Waals surface area contributed by atoms with Gasteiger partial charge in [-0.3, -0.25) is 9.48 Å². The molecule has 0 spiro atoms. The normalized spacial score (nSPS) is 14.0. The number of nitrogens with zero attached hydrogens (tertiary/aromatic N) is 3. The Hall–Kier alpha value is -2.83. The molecule has 7 heteroatoms. The van der Waals surface area contributed by atoms with Crippen LogP contribution in [-0.4, -0.2) is 33.7 Å². The molecule has 7 nitrogen and oxygen atoms in total. The summed E-state index contributed by atoms with van der Waals surface area (Å²) in [5, 5.41) is 9.89. The molecule has 1 aromatic heterocycles. The quantitative estimate of drug-likeness (QED) is 0.899. The Balaban J connectivity index is 1.61. The third-order valence-electron chi connectivity index (χ3n) is 4.12. The van der Waals surface area contributed by atoms with Gasteiger partial charge in [0, 0.05) is 31.5 Å². The number of nitrogens with one attached hydrogen (secondary N) is 2. The van der Waals surface area contributed by atoms with Crippen molar-refractivity contribution >= 4 is 17.6 Å². The van der Waals surface area contributed by atoms with Crippen LogP contribution in [0.15, 0.2) is 30.6 Å². The van der Waals surface area contributed by atoms with Crippen LogP contribution >= 0.6 is 0 Å². The molecule has 1 aliphatic rings. The molecule has 2 N–H and O–H groups in total. The summed E-state index contributed by atoms with van der Waals surface area (Å²) in [6.45, 7) is 2.43. The van der Waals surface area contributed by atoms with Crippen molar-refractivity contribution in [3.05, 3.63) is 47.3 Å². The number of hydrogen-bond donors (Lipinski definition) is 2. The minimum Gasteiger partial charge on any atom is -0.331 e. The predicted molar refractivity (Wildman–Crippen MR) is 90.4 cm³/mol. The SMILES string of the molecule is CC(NC(=O)N(C)Cc1cnn(C)c1)c1ccc2c(c1)CC(=O)N2. The van der Waals surface area contributed by atoms with Crippen LogP contribution in [0.1, 0.15) is 29.7 Å². The van der Waals surface area contributed by atoms with E-state index in [2.05, 4.69) is 15.7 Å². The van der Waals surface area contributed by atoms with Gasteiger partial charge in [-0.2, -0.15) is 5.10 Å². The van der Waals surface area contributed by atoms with Crippen LogP contribution < -0.4 is 10.6 Å². The number of aromatic nitrogens is 2. The van der Waals surface area contributed by atoms with Gasteiger partial charge in [0.15, 0.2) is 0 Å². The Morgan fingerprint density at radius 1 is 1.50 bits per heavy atom. The van der Waals surface area contributed by atoms with Gasteiger partial charge in [0.1, 0.15) is 0 Å². The van der Waals surface area contributed by atoms with Crippen LogP contribution in [-0.2, 0) is 24.8 Å². The van der Waals surface area contributed by atoms with E-state index in [9.17, 15) is 9.59 Å². The fourth-order valence-corrected chi connectivity index (χ4v) is 2.80. The Bertz CT molecular complexity index is 783. The van der Waals surface area contributed by atoms with Crippen molar-refractivity contribution in [2.45, 2.75) is 25.9 Å². The van der Waals surface area contributed by atoms with Crippen molar-refractivity contribution in [2.24, 2.45) is 7.05 Å². The third kappa shape index (κ3) is 3.40. The molecule has 24 heavy (non-hydrogen) atoms. The summed E-state index contributed by atoms with van der Waals surface area (Å²) in [4.78, 5) is 25.4. The van der Waals surface area contributed by atoms with E-state index < -0.39 is 0 Å². The molecule has 126 valence electrons. The highest BCUT2D eigenvalue weighted by molar-refractivity contribution is 5.99. The number of benzene rings is 1. The van der Waals surface area contributed by atoms with Crippen molar-refractivity contribution in [3.63, 3.8) is 0 Å². The molecule has 1 unspecified atom stereocenters. The van der Waals surface area contributed by atoms with E-state index in [-0.39, 0.29) is 18.0 Å². The van der Waals surface area contributed by atoms with Gasteiger partial charge in [-0.25, -0.2) is 4.79 Å². The number of aryl methyl sites for hydroxylation is 1. The third-order valence-corrected chi connectivity index (χ3v) is 4.12. The zero-order valence-corrected chi connectivity index (χ0v) is 14.0. The topological polar surface area (TPSA) is 79.3 Å². The van der Waals surface area contributed by atoms with Crippen LogP contribution in [0.3, 0.4) is 0 Å². The highest BCUT2D eigenvalue weighted by Crippen LogP contribution is 2.26. The number of fused-ring (bicyclic) bond motifs is 1. The van der Waals surface area contributed by atoms with E-state index in [4.69, 9.17) is 0 Å². The van der Waals surface area contributed by atoms with Crippen LogP contribution in [0.25, 0.3) is 0 Å². The van der Waals surface area contributed by atoms with Crippen molar-refractivity contribution in [2.75, 3.05) is 12.4 Å². The second kappa shape index (κ2) is 6.35. The second-order valence-electron chi connectivity index (χ2n) is 6.19. The van der Waals surface area contributed by atoms with Gasteiger partial charge in [-0.15, -0.1) is 0 Å². The lowest BCUT2D eigenvalue weighted by Crippen LogP contribution is -2.38. The number of urea groups is 1. The molecular formula is C17H21N5O2. The van der Waals surface area contributed by atoms with Gasteiger partial charge in [0.2, 0.25) is 5.91 Å². The molecule has 0 fully saturated rings. The van der Waals surface area contributed by atoms with Crippen LogP contribution in [0.5, 0.6) is 0 Å². The molecule has 2 heterocycles. The molecule has 3 rings (SSSR count). The number of carbonyl (C=O) groups excluding carboxylic acids is 2. The largest absolute Gasteiger partial charge is 0.331 e. The second-order valence-corrected chi connectivity index (χ2v) is 6.19. The lowest BCUT2D eigenvalue weighted by atomic mass is 10.0. The predicted octanol–water partition coefficient (Wildman–Crippen LogP) is 1.82. The van der Waals surface area contributed by atoms with E-state index in [1.807, 2.05) is 38.4 Å². The minimum atomic E-state index is -0.152. The van der Waals surface area contributed by atoms with Crippen molar-refractivity contribution < 1.29 is 9.59 Å². The maximum absolute atomic E-state index is 12.3. The summed E-state index contributed by atoms with van der Waals surface area (Å²) in [6, 6.07) is 5.49. The number of carbonyl (C=O) groups is 2. The molecule has 2 aromatic rings. The average Bonchev–Trinajstić information content (AvgIpc) is 3.10. The molecular weight excluding hydrogens is 306 g/mol. The molecule has 0 bridgehead atoms. The lowest BCUT2D eigenvalue weighted by molar-refractivity contribution is -0.115. The first-order valence-electron chi connectivity index (χ1n) is 7.84. The van der Waals surface area contributed by atoms with Gasteiger partial charge in [0.25, 0.3) is 0 Å². The van der Waals surface area contributed by atoms with Gasteiger partial charge in [0.05, 0.1) is 25.2 Å². The zero-order valence-electron chi connectivity index (χ0n) is 14.0. The fourth-order valence-electron chi connectivity index (χ4n) is 2.80. The first kappa shape index (κ1) is 16.0. The molecule has 0 radical (unpaired) electrons. The highest BCUT2D eigenvalue weighted by atomic mass is 16.2. The molecule has 0 saturated heterocycles. The van der Waals surface area contributed by atoms with Crippen LogP contribution in [0, 0.1) is 0 Å². The van der Waals surface area contributed by atoms with E-state index in [1.54, 1.807) is 22.8 Å². The highest BCUT2D eigenvalue weighted by Gasteiger charge is 2.20.